The van der Waals surface area contributed by atoms with Crippen molar-refractivity contribution in [3.63, 3.8) is 0 Å². The zero-order valence-corrected chi connectivity index (χ0v) is 12.6. The van der Waals surface area contributed by atoms with E-state index in [9.17, 15) is 5.11 Å². The van der Waals surface area contributed by atoms with Crippen molar-refractivity contribution >= 4 is 0 Å². The molecule has 1 aromatic carbocycles. The summed E-state index contributed by atoms with van der Waals surface area (Å²) in [6.45, 7) is 2.67. The van der Waals surface area contributed by atoms with Crippen LogP contribution in [0.15, 0.2) is 24.3 Å². The van der Waals surface area contributed by atoms with Crippen molar-refractivity contribution in [1.82, 2.24) is 0 Å². The first kappa shape index (κ1) is 15.3. The van der Waals surface area contributed by atoms with Gasteiger partial charge in [0.05, 0.1) is 13.2 Å². The number of hydrogen-bond donors (Lipinski definition) is 2. The minimum atomic E-state index is -0.389. The van der Waals surface area contributed by atoms with Crippen LogP contribution in [0.5, 0.6) is 5.75 Å². The normalized spacial score (nSPS) is 21.2. The third kappa shape index (κ3) is 3.15. The van der Waals surface area contributed by atoms with Crippen molar-refractivity contribution in [1.29, 1.82) is 0 Å². The number of nitrogens with two attached hydrogens (primary N) is 1. The lowest BCUT2D eigenvalue weighted by atomic mass is 9.67. The van der Waals surface area contributed by atoms with Crippen LogP contribution in [0.4, 0.5) is 0 Å². The first-order chi connectivity index (χ1) is 9.60. The Labute approximate surface area is 122 Å². The van der Waals surface area contributed by atoms with Crippen LogP contribution < -0.4 is 10.5 Å². The highest BCUT2D eigenvalue weighted by molar-refractivity contribution is 5.32. The van der Waals surface area contributed by atoms with Gasteiger partial charge in [-0.1, -0.05) is 38.3 Å². The van der Waals surface area contributed by atoms with Gasteiger partial charge in [-0.25, -0.2) is 0 Å². The van der Waals surface area contributed by atoms with Crippen molar-refractivity contribution in [2.24, 2.45) is 11.1 Å². The summed E-state index contributed by atoms with van der Waals surface area (Å²) >= 11 is 0. The molecule has 0 bridgehead atoms. The maximum atomic E-state index is 10.9. The van der Waals surface area contributed by atoms with Crippen molar-refractivity contribution in [2.75, 3.05) is 13.7 Å². The van der Waals surface area contributed by atoms with E-state index in [4.69, 9.17) is 10.5 Å². The number of aliphatic hydroxyl groups excluding tert-OH is 1. The fourth-order valence-corrected chi connectivity index (χ4v) is 3.46. The van der Waals surface area contributed by atoms with Crippen LogP contribution in [-0.4, -0.2) is 24.9 Å². The Morgan fingerprint density at radius 2 is 2.00 bits per heavy atom. The molecule has 0 radical (unpaired) electrons. The summed E-state index contributed by atoms with van der Waals surface area (Å²) in [5, 5.41) is 10.9. The van der Waals surface area contributed by atoms with E-state index in [1.165, 1.54) is 19.3 Å². The van der Waals surface area contributed by atoms with E-state index in [-0.39, 0.29) is 17.4 Å². The molecule has 2 unspecified atom stereocenters. The molecule has 1 fully saturated rings. The highest BCUT2D eigenvalue weighted by Crippen LogP contribution is 2.43. The van der Waals surface area contributed by atoms with E-state index in [1.807, 2.05) is 24.3 Å². The van der Waals surface area contributed by atoms with Gasteiger partial charge in [0, 0.05) is 12.5 Å². The van der Waals surface area contributed by atoms with Gasteiger partial charge in [0.15, 0.2) is 0 Å². The molecule has 1 aromatic rings. The fourth-order valence-electron chi connectivity index (χ4n) is 3.46. The predicted molar refractivity (Wildman–Crippen MR) is 82.0 cm³/mol. The number of methoxy groups -OCH3 is 1. The van der Waals surface area contributed by atoms with Crippen molar-refractivity contribution < 1.29 is 9.84 Å². The van der Waals surface area contributed by atoms with Gasteiger partial charge < -0.3 is 15.6 Å². The summed E-state index contributed by atoms with van der Waals surface area (Å²) < 4.78 is 5.28. The number of rotatable bonds is 5. The molecule has 1 saturated carbocycles. The summed E-state index contributed by atoms with van der Waals surface area (Å²) in [5.74, 6) is 0.801. The van der Waals surface area contributed by atoms with E-state index in [0.29, 0.717) is 6.54 Å². The van der Waals surface area contributed by atoms with Crippen LogP contribution in [0.1, 0.15) is 50.5 Å². The van der Waals surface area contributed by atoms with Crippen LogP contribution in [0.25, 0.3) is 0 Å². The monoisotopic (exact) mass is 277 g/mol. The zero-order chi connectivity index (χ0) is 14.6. The topological polar surface area (TPSA) is 55.5 Å². The van der Waals surface area contributed by atoms with Crippen LogP contribution in [0.2, 0.25) is 0 Å². The van der Waals surface area contributed by atoms with Crippen LogP contribution in [0, 0.1) is 5.41 Å². The molecular formula is C17H27NO2. The maximum Gasteiger partial charge on any atom is 0.119 e. The lowest BCUT2D eigenvalue weighted by Gasteiger charge is -2.41. The van der Waals surface area contributed by atoms with E-state index in [2.05, 4.69) is 6.92 Å². The van der Waals surface area contributed by atoms with Gasteiger partial charge in [0.25, 0.3) is 0 Å². The molecule has 0 amide bonds. The summed E-state index contributed by atoms with van der Waals surface area (Å²) in [5.41, 5.74) is 7.03. The molecule has 3 heteroatoms. The largest absolute Gasteiger partial charge is 0.497 e. The Bertz CT molecular complexity index is 427. The van der Waals surface area contributed by atoms with Crippen molar-refractivity contribution in [3.05, 3.63) is 29.8 Å². The zero-order valence-electron chi connectivity index (χ0n) is 12.6. The Morgan fingerprint density at radius 1 is 1.30 bits per heavy atom. The highest BCUT2D eigenvalue weighted by Gasteiger charge is 2.38. The molecule has 0 heterocycles. The number of benzene rings is 1. The number of ether oxygens (including phenoxy) is 1. The minimum absolute atomic E-state index is 0.00857. The molecule has 0 spiro atoms. The average molecular weight is 277 g/mol. The van der Waals surface area contributed by atoms with Gasteiger partial charge in [0.2, 0.25) is 0 Å². The Balaban J connectivity index is 2.21. The van der Waals surface area contributed by atoms with E-state index in [0.717, 1.165) is 24.2 Å². The lowest BCUT2D eigenvalue weighted by Crippen LogP contribution is -2.41. The molecule has 2 atom stereocenters. The summed E-state index contributed by atoms with van der Waals surface area (Å²) in [6, 6.07) is 7.92. The second kappa shape index (κ2) is 6.59. The van der Waals surface area contributed by atoms with Crippen LogP contribution in [0.3, 0.4) is 0 Å². The van der Waals surface area contributed by atoms with E-state index in [1.54, 1.807) is 7.11 Å². The van der Waals surface area contributed by atoms with Crippen LogP contribution >= 0.6 is 0 Å². The predicted octanol–water partition coefficient (Wildman–Crippen LogP) is 3.07. The van der Waals surface area contributed by atoms with Gasteiger partial charge in [-0.15, -0.1) is 0 Å². The van der Waals surface area contributed by atoms with Gasteiger partial charge in [-0.3, -0.25) is 0 Å². The van der Waals surface area contributed by atoms with Crippen molar-refractivity contribution in [2.45, 2.75) is 51.0 Å². The maximum absolute atomic E-state index is 10.9. The molecule has 3 N–H and O–H groups in total. The van der Waals surface area contributed by atoms with Gasteiger partial charge in [0.1, 0.15) is 5.75 Å². The van der Waals surface area contributed by atoms with E-state index < -0.39 is 0 Å². The molecule has 112 valence electrons. The smallest absolute Gasteiger partial charge is 0.119 e. The van der Waals surface area contributed by atoms with Crippen LogP contribution in [-0.2, 0) is 0 Å². The summed E-state index contributed by atoms with van der Waals surface area (Å²) in [7, 11) is 1.66. The standard InChI is InChI=1S/C17H27NO2/c1-17(9-4-3-5-10-17)16(19)15(12-18)13-7-6-8-14(11-13)20-2/h6-8,11,15-16,19H,3-5,9-10,12,18H2,1-2H3. The molecule has 0 saturated heterocycles. The minimum Gasteiger partial charge on any atom is -0.497 e. The fraction of sp³-hybridized carbons (Fsp3) is 0.647. The third-order valence-corrected chi connectivity index (χ3v) is 4.87. The Hall–Kier alpha value is -1.06. The number of hydrogen-bond acceptors (Lipinski definition) is 3. The van der Waals surface area contributed by atoms with Gasteiger partial charge in [-0.05, 0) is 36.0 Å². The SMILES string of the molecule is COc1cccc(C(CN)C(O)C2(C)CCCCC2)c1. The molecule has 0 aliphatic heterocycles. The van der Waals surface area contributed by atoms with Gasteiger partial charge in [-0.2, -0.15) is 0 Å². The molecule has 0 aromatic heterocycles. The number of aliphatic hydroxyl groups is 1. The Morgan fingerprint density at radius 3 is 2.60 bits per heavy atom. The molecule has 3 nitrogen and oxygen atoms in total. The second-order valence-corrected chi connectivity index (χ2v) is 6.28. The molecule has 2 rings (SSSR count). The Kier molecular flexibility index (Phi) is 5.06. The first-order valence-electron chi connectivity index (χ1n) is 7.63. The summed E-state index contributed by atoms with van der Waals surface area (Å²) in [6.07, 6.45) is 5.50. The lowest BCUT2D eigenvalue weighted by molar-refractivity contribution is -0.00752. The first-order valence-corrected chi connectivity index (χ1v) is 7.63. The molecule has 1 aliphatic rings. The molecule has 20 heavy (non-hydrogen) atoms. The van der Waals surface area contributed by atoms with Crippen molar-refractivity contribution in [3.8, 4) is 5.75 Å². The molecule has 1 aliphatic carbocycles. The van der Waals surface area contributed by atoms with Gasteiger partial charge >= 0.3 is 0 Å². The average Bonchev–Trinajstić information content (AvgIpc) is 2.49. The quantitative estimate of drug-likeness (QED) is 0.869. The molecular weight excluding hydrogens is 250 g/mol. The second-order valence-electron chi connectivity index (χ2n) is 6.28. The highest BCUT2D eigenvalue weighted by atomic mass is 16.5. The van der Waals surface area contributed by atoms with E-state index >= 15 is 0 Å². The summed E-state index contributed by atoms with van der Waals surface area (Å²) in [4.78, 5) is 0. The third-order valence-electron chi connectivity index (χ3n) is 4.87.